The lowest BCUT2D eigenvalue weighted by Crippen LogP contribution is -2.50. The number of hydrogen-bond acceptors (Lipinski definition) is 5. The van der Waals surface area contributed by atoms with Crippen molar-refractivity contribution in [3.05, 3.63) is 35.4 Å². The van der Waals surface area contributed by atoms with Crippen molar-refractivity contribution >= 4 is 17.7 Å². The predicted octanol–water partition coefficient (Wildman–Crippen LogP) is -1.25. The maximum absolute atomic E-state index is 11.4. The number of nitrogens with one attached hydrogen (secondary N) is 2. The van der Waals surface area contributed by atoms with Crippen molar-refractivity contribution in [2.75, 3.05) is 13.1 Å². The Morgan fingerprint density at radius 1 is 1.32 bits per heavy atom. The maximum Gasteiger partial charge on any atom is 0.265 e. The van der Waals surface area contributed by atoms with Crippen LogP contribution >= 0.6 is 0 Å². The van der Waals surface area contributed by atoms with Gasteiger partial charge in [-0.2, -0.15) is 0 Å². The summed E-state index contributed by atoms with van der Waals surface area (Å²) in [5, 5.41) is 2.23. The molecule has 0 bridgehead atoms. The number of amides is 3. The first kappa shape index (κ1) is 13.2. The lowest BCUT2D eigenvalue weighted by Gasteiger charge is -2.25. The first-order chi connectivity index (χ1) is 9.08. The van der Waals surface area contributed by atoms with Crippen molar-refractivity contribution in [2.24, 2.45) is 5.84 Å². The van der Waals surface area contributed by atoms with Crippen LogP contribution in [-0.2, 0) is 16.1 Å². The number of nitrogens with two attached hydrogens (primary N) is 1. The fourth-order valence-corrected chi connectivity index (χ4v) is 1.96. The smallest absolute Gasteiger partial charge is 0.265 e. The highest BCUT2D eigenvalue weighted by molar-refractivity contribution is 5.99. The van der Waals surface area contributed by atoms with Crippen LogP contribution in [0.25, 0.3) is 0 Å². The number of nitrogens with zero attached hydrogens (tertiary/aromatic N) is 1. The molecule has 1 saturated heterocycles. The van der Waals surface area contributed by atoms with Gasteiger partial charge in [0.25, 0.3) is 5.91 Å². The zero-order chi connectivity index (χ0) is 13.8. The van der Waals surface area contributed by atoms with E-state index in [0.29, 0.717) is 12.1 Å². The van der Waals surface area contributed by atoms with Gasteiger partial charge in [-0.25, -0.2) is 5.84 Å². The number of piperazine rings is 1. The molecule has 7 heteroatoms. The fourth-order valence-electron chi connectivity index (χ4n) is 1.96. The molecule has 1 heterocycles. The Kier molecular flexibility index (Phi) is 3.88. The quantitative estimate of drug-likeness (QED) is 0.273. The van der Waals surface area contributed by atoms with Crippen LogP contribution in [-0.4, -0.2) is 35.7 Å². The minimum Gasteiger partial charge on any atom is -0.294 e. The highest BCUT2D eigenvalue weighted by atomic mass is 16.2. The molecule has 1 fully saturated rings. The summed E-state index contributed by atoms with van der Waals surface area (Å²) in [6, 6.07) is 6.87. The van der Waals surface area contributed by atoms with Gasteiger partial charge >= 0.3 is 0 Å². The summed E-state index contributed by atoms with van der Waals surface area (Å²) in [7, 11) is 0. The van der Waals surface area contributed by atoms with Crippen molar-refractivity contribution in [2.45, 2.75) is 6.54 Å². The Hall–Kier alpha value is -2.25. The molecule has 0 radical (unpaired) electrons. The molecule has 0 saturated carbocycles. The number of hydrogen-bond donors (Lipinski definition) is 3. The van der Waals surface area contributed by atoms with Gasteiger partial charge in [0.2, 0.25) is 11.8 Å². The Morgan fingerprint density at radius 2 is 2.00 bits per heavy atom. The number of rotatable bonds is 3. The lowest BCUT2D eigenvalue weighted by atomic mass is 10.1. The number of carbonyl (C=O) groups excluding carboxylic acids is 3. The van der Waals surface area contributed by atoms with Crippen LogP contribution in [0.2, 0.25) is 0 Å². The van der Waals surface area contributed by atoms with Crippen molar-refractivity contribution in [3.8, 4) is 0 Å². The van der Waals surface area contributed by atoms with Gasteiger partial charge in [0.05, 0.1) is 13.1 Å². The third-order valence-corrected chi connectivity index (χ3v) is 2.74. The summed E-state index contributed by atoms with van der Waals surface area (Å²) in [4.78, 5) is 35.6. The Balaban J connectivity index is 2.08. The Morgan fingerprint density at radius 3 is 2.63 bits per heavy atom. The fraction of sp³-hybridized carbons (Fsp3) is 0.250. The molecule has 0 aliphatic carbocycles. The van der Waals surface area contributed by atoms with Crippen LogP contribution in [0.1, 0.15) is 15.9 Å². The van der Waals surface area contributed by atoms with Crippen LogP contribution in [0.15, 0.2) is 24.3 Å². The third-order valence-electron chi connectivity index (χ3n) is 2.74. The average Bonchev–Trinajstić information content (AvgIpc) is 2.37. The third kappa shape index (κ3) is 3.36. The second-order valence-corrected chi connectivity index (χ2v) is 4.29. The van der Waals surface area contributed by atoms with Crippen LogP contribution in [0, 0.1) is 0 Å². The molecule has 1 aromatic rings. The van der Waals surface area contributed by atoms with Crippen molar-refractivity contribution in [1.82, 2.24) is 15.6 Å². The van der Waals surface area contributed by atoms with E-state index in [1.807, 2.05) is 6.07 Å². The highest BCUT2D eigenvalue weighted by Gasteiger charge is 2.22. The van der Waals surface area contributed by atoms with E-state index in [9.17, 15) is 14.4 Å². The molecule has 0 unspecified atom stereocenters. The second kappa shape index (κ2) is 5.59. The van der Waals surface area contributed by atoms with Gasteiger partial charge in [0.1, 0.15) is 0 Å². The van der Waals surface area contributed by atoms with Crippen molar-refractivity contribution in [1.29, 1.82) is 0 Å². The molecule has 0 atom stereocenters. The second-order valence-electron chi connectivity index (χ2n) is 4.29. The number of carbonyl (C=O) groups is 3. The highest BCUT2D eigenvalue weighted by Crippen LogP contribution is 2.09. The minimum atomic E-state index is -0.380. The Labute approximate surface area is 109 Å². The summed E-state index contributed by atoms with van der Waals surface area (Å²) in [5.41, 5.74) is 3.33. The van der Waals surface area contributed by atoms with Gasteiger partial charge in [-0.1, -0.05) is 12.1 Å². The van der Waals surface area contributed by atoms with E-state index >= 15 is 0 Å². The average molecular weight is 262 g/mol. The molecule has 100 valence electrons. The normalized spacial score (nSPS) is 16.1. The van der Waals surface area contributed by atoms with E-state index in [1.165, 1.54) is 0 Å². The molecule has 2 rings (SSSR count). The van der Waals surface area contributed by atoms with E-state index in [2.05, 4.69) is 10.7 Å². The molecule has 7 nitrogen and oxygen atoms in total. The van der Waals surface area contributed by atoms with Crippen LogP contribution in [0.5, 0.6) is 0 Å². The molecule has 1 aromatic carbocycles. The summed E-state index contributed by atoms with van der Waals surface area (Å²) >= 11 is 0. The van der Waals surface area contributed by atoms with Crippen molar-refractivity contribution < 1.29 is 14.4 Å². The monoisotopic (exact) mass is 262 g/mol. The molecule has 4 N–H and O–H groups in total. The van der Waals surface area contributed by atoms with E-state index in [4.69, 9.17) is 5.84 Å². The number of benzene rings is 1. The lowest BCUT2D eigenvalue weighted by molar-refractivity contribution is -0.136. The molecule has 3 amide bonds. The van der Waals surface area contributed by atoms with E-state index < -0.39 is 0 Å². The summed E-state index contributed by atoms with van der Waals surface area (Å²) in [5.74, 6) is 4.06. The predicted molar refractivity (Wildman–Crippen MR) is 66.5 cm³/mol. The van der Waals surface area contributed by atoms with Gasteiger partial charge < -0.3 is 0 Å². The zero-order valence-electron chi connectivity index (χ0n) is 10.2. The maximum atomic E-state index is 11.4. The number of imide groups is 1. The molecular weight excluding hydrogens is 248 g/mol. The molecule has 0 aromatic heterocycles. The first-order valence-electron chi connectivity index (χ1n) is 5.73. The van der Waals surface area contributed by atoms with E-state index in [-0.39, 0.29) is 30.8 Å². The molecular formula is C12H14N4O3. The SMILES string of the molecule is NNC(=O)c1cccc(CN2CC(=O)NC(=O)C2)c1. The molecule has 0 spiro atoms. The molecule has 19 heavy (non-hydrogen) atoms. The van der Waals surface area contributed by atoms with E-state index in [0.717, 1.165) is 5.56 Å². The van der Waals surface area contributed by atoms with Crippen LogP contribution in [0.4, 0.5) is 0 Å². The minimum absolute atomic E-state index is 0.166. The standard InChI is InChI=1S/C12H14N4O3/c13-15-12(19)9-3-1-2-8(4-9)5-16-6-10(17)14-11(18)7-16/h1-4H,5-7,13H2,(H,15,19)(H,14,17,18). The molecule has 1 aliphatic heterocycles. The van der Waals surface area contributed by atoms with Crippen molar-refractivity contribution in [3.63, 3.8) is 0 Å². The largest absolute Gasteiger partial charge is 0.294 e. The Bertz CT molecular complexity index is 513. The van der Waals surface area contributed by atoms with Gasteiger partial charge in [-0.05, 0) is 17.7 Å². The van der Waals surface area contributed by atoms with Crippen LogP contribution < -0.4 is 16.6 Å². The van der Waals surface area contributed by atoms with Crippen LogP contribution in [0.3, 0.4) is 0 Å². The topological polar surface area (TPSA) is 105 Å². The summed E-state index contributed by atoms with van der Waals surface area (Å²) in [6.07, 6.45) is 0. The van der Waals surface area contributed by atoms with E-state index in [1.54, 1.807) is 23.1 Å². The van der Waals surface area contributed by atoms with Gasteiger partial charge in [0, 0.05) is 12.1 Å². The number of hydrazine groups is 1. The molecule has 1 aliphatic rings. The number of nitrogen functional groups attached to an aromatic ring is 1. The van der Waals surface area contributed by atoms with Gasteiger partial charge in [0.15, 0.2) is 0 Å². The van der Waals surface area contributed by atoms with Gasteiger partial charge in [-0.15, -0.1) is 0 Å². The first-order valence-corrected chi connectivity index (χ1v) is 5.73. The summed E-state index contributed by atoms with van der Waals surface area (Å²) in [6.45, 7) is 0.753. The summed E-state index contributed by atoms with van der Waals surface area (Å²) < 4.78 is 0. The van der Waals surface area contributed by atoms with Gasteiger partial charge in [-0.3, -0.25) is 30.0 Å². The zero-order valence-corrected chi connectivity index (χ0v) is 10.2.